The number of hydrogen-bond acceptors (Lipinski definition) is 2. The van der Waals surface area contributed by atoms with Gasteiger partial charge in [0, 0.05) is 26.1 Å². The van der Waals surface area contributed by atoms with Crippen LogP contribution in [0.15, 0.2) is 4.99 Å². The molecule has 0 aliphatic heterocycles. The molecule has 0 aromatic rings. The number of rotatable bonds is 6. The largest absolute Gasteiger partial charge is 0.370 e. The maximum Gasteiger partial charge on any atom is 0.221 e. The van der Waals surface area contributed by atoms with E-state index in [1.54, 1.807) is 0 Å². The second kappa shape index (κ2) is 8.54. The zero-order valence-electron chi connectivity index (χ0n) is 10.6. The Hall–Kier alpha value is -0.530. The average molecular weight is 354 g/mol. The molecule has 1 amide bonds. The monoisotopic (exact) mass is 354 g/mol. The quantitative estimate of drug-likeness (QED) is 0.424. The van der Waals surface area contributed by atoms with Crippen LogP contribution >= 0.6 is 24.0 Å². The molecule has 0 unspecified atom stereocenters. The van der Waals surface area contributed by atoms with Gasteiger partial charge in [0.15, 0.2) is 5.96 Å². The van der Waals surface area contributed by atoms with Crippen molar-refractivity contribution in [2.24, 2.45) is 10.7 Å². The van der Waals surface area contributed by atoms with Crippen molar-refractivity contribution in [3.63, 3.8) is 0 Å². The lowest BCUT2D eigenvalue weighted by Gasteiger charge is -2.16. The van der Waals surface area contributed by atoms with E-state index in [9.17, 15) is 4.79 Å². The van der Waals surface area contributed by atoms with Gasteiger partial charge in [0.1, 0.15) is 0 Å². The standard InChI is InChI=1S/C11H22N4O.HI/c1-3-7-13-10(16)6-8-14-11(12)15(2)9-4-5-9;/h9H,3-8H2,1-2H3,(H2,12,14)(H,13,16);1H. The third kappa shape index (κ3) is 6.70. The number of nitrogens with one attached hydrogen (secondary N) is 1. The Bertz CT molecular complexity index is 266. The van der Waals surface area contributed by atoms with Gasteiger partial charge in [0.25, 0.3) is 0 Å². The molecule has 0 radical (unpaired) electrons. The summed E-state index contributed by atoms with van der Waals surface area (Å²) < 4.78 is 0. The molecule has 6 heteroatoms. The molecule has 0 atom stereocenters. The fraction of sp³-hybridized carbons (Fsp3) is 0.818. The van der Waals surface area contributed by atoms with E-state index in [2.05, 4.69) is 10.3 Å². The summed E-state index contributed by atoms with van der Waals surface area (Å²) in [4.78, 5) is 17.4. The maximum absolute atomic E-state index is 11.3. The Morgan fingerprint density at radius 2 is 2.18 bits per heavy atom. The molecule has 1 aliphatic carbocycles. The molecule has 1 fully saturated rings. The van der Waals surface area contributed by atoms with Crippen LogP contribution in [-0.4, -0.2) is 42.9 Å². The van der Waals surface area contributed by atoms with Crippen LogP contribution in [0.3, 0.4) is 0 Å². The molecule has 1 saturated carbocycles. The predicted octanol–water partition coefficient (Wildman–Crippen LogP) is 0.930. The van der Waals surface area contributed by atoms with E-state index in [-0.39, 0.29) is 29.9 Å². The van der Waals surface area contributed by atoms with Gasteiger partial charge in [-0.1, -0.05) is 6.92 Å². The van der Waals surface area contributed by atoms with Gasteiger partial charge in [-0.2, -0.15) is 0 Å². The lowest BCUT2D eigenvalue weighted by molar-refractivity contribution is -0.120. The third-order valence-corrected chi connectivity index (χ3v) is 2.64. The van der Waals surface area contributed by atoms with Crippen LogP contribution in [0, 0.1) is 0 Å². The molecular formula is C11H23IN4O. The van der Waals surface area contributed by atoms with Gasteiger partial charge in [-0.15, -0.1) is 24.0 Å². The topological polar surface area (TPSA) is 70.7 Å². The molecule has 3 N–H and O–H groups in total. The van der Waals surface area contributed by atoms with Crippen molar-refractivity contribution in [3.8, 4) is 0 Å². The summed E-state index contributed by atoms with van der Waals surface area (Å²) in [5.41, 5.74) is 5.79. The number of aliphatic imine (C=N–C) groups is 1. The minimum atomic E-state index is 0. The molecule has 0 spiro atoms. The van der Waals surface area contributed by atoms with Crippen molar-refractivity contribution in [2.75, 3.05) is 20.1 Å². The van der Waals surface area contributed by atoms with Gasteiger partial charge in [-0.3, -0.25) is 9.79 Å². The van der Waals surface area contributed by atoms with Crippen molar-refractivity contribution in [1.29, 1.82) is 0 Å². The van der Waals surface area contributed by atoms with Crippen molar-refractivity contribution < 1.29 is 4.79 Å². The van der Waals surface area contributed by atoms with Crippen LogP contribution in [0.4, 0.5) is 0 Å². The first-order valence-corrected chi connectivity index (χ1v) is 5.94. The van der Waals surface area contributed by atoms with Crippen LogP contribution in [0.1, 0.15) is 32.6 Å². The molecule has 0 heterocycles. The van der Waals surface area contributed by atoms with Gasteiger partial charge in [0.05, 0.1) is 6.54 Å². The number of hydrogen-bond donors (Lipinski definition) is 2. The summed E-state index contributed by atoms with van der Waals surface area (Å²) in [6.07, 6.45) is 3.77. The molecule has 5 nitrogen and oxygen atoms in total. The fourth-order valence-electron chi connectivity index (χ4n) is 1.39. The Balaban J connectivity index is 0.00000256. The number of carbonyl (C=O) groups is 1. The highest BCUT2D eigenvalue weighted by atomic mass is 127. The first-order chi connectivity index (χ1) is 7.65. The Labute approximate surface area is 120 Å². The average Bonchev–Trinajstić information content (AvgIpc) is 3.08. The van der Waals surface area contributed by atoms with Crippen LogP contribution in [0.2, 0.25) is 0 Å². The SMILES string of the molecule is CCCNC(=O)CCN=C(N)N(C)C1CC1.I. The van der Waals surface area contributed by atoms with E-state index in [4.69, 9.17) is 5.73 Å². The van der Waals surface area contributed by atoms with Gasteiger partial charge in [-0.05, 0) is 19.3 Å². The minimum Gasteiger partial charge on any atom is -0.370 e. The normalized spacial score (nSPS) is 15.1. The highest BCUT2D eigenvalue weighted by molar-refractivity contribution is 14.0. The van der Waals surface area contributed by atoms with Crippen LogP contribution in [0.5, 0.6) is 0 Å². The van der Waals surface area contributed by atoms with Crippen LogP contribution in [0.25, 0.3) is 0 Å². The van der Waals surface area contributed by atoms with E-state index in [0.717, 1.165) is 13.0 Å². The molecule has 100 valence electrons. The third-order valence-electron chi connectivity index (χ3n) is 2.64. The molecule has 1 rings (SSSR count). The zero-order valence-corrected chi connectivity index (χ0v) is 12.9. The summed E-state index contributed by atoms with van der Waals surface area (Å²) in [6.45, 7) is 3.24. The second-order valence-corrected chi connectivity index (χ2v) is 4.18. The summed E-state index contributed by atoms with van der Waals surface area (Å²) in [5.74, 6) is 0.596. The number of nitrogens with two attached hydrogens (primary N) is 1. The number of guanidine groups is 1. The fourth-order valence-corrected chi connectivity index (χ4v) is 1.39. The second-order valence-electron chi connectivity index (χ2n) is 4.18. The summed E-state index contributed by atoms with van der Waals surface area (Å²) in [7, 11) is 1.95. The van der Waals surface area contributed by atoms with Gasteiger partial charge in [-0.25, -0.2) is 0 Å². The molecule has 1 aliphatic rings. The highest BCUT2D eigenvalue weighted by Gasteiger charge is 2.27. The smallest absolute Gasteiger partial charge is 0.221 e. The molecule has 0 saturated heterocycles. The van der Waals surface area contributed by atoms with E-state index < -0.39 is 0 Å². The number of nitrogens with zero attached hydrogens (tertiary/aromatic N) is 2. The number of amides is 1. The number of halogens is 1. The van der Waals surface area contributed by atoms with E-state index in [0.29, 0.717) is 25.0 Å². The maximum atomic E-state index is 11.3. The first-order valence-electron chi connectivity index (χ1n) is 5.94. The van der Waals surface area contributed by atoms with E-state index >= 15 is 0 Å². The molecule has 0 bridgehead atoms. The summed E-state index contributed by atoms with van der Waals surface area (Å²) in [5, 5.41) is 2.81. The Morgan fingerprint density at radius 3 is 2.71 bits per heavy atom. The predicted molar refractivity (Wildman–Crippen MR) is 80.6 cm³/mol. The van der Waals surface area contributed by atoms with Gasteiger partial charge < -0.3 is 16.0 Å². The Morgan fingerprint density at radius 1 is 1.53 bits per heavy atom. The minimum absolute atomic E-state index is 0. The van der Waals surface area contributed by atoms with Crippen LogP contribution in [-0.2, 0) is 4.79 Å². The molecule has 17 heavy (non-hydrogen) atoms. The Kier molecular flexibility index (Phi) is 8.28. The molecule has 0 aromatic heterocycles. The highest BCUT2D eigenvalue weighted by Crippen LogP contribution is 2.24. The van der Waals surface area contributed by atoms with E-state index in [1.807, 2.05) is 18.9 Å². The van der Waals surface area contributed by atoms with Gasteiger partial charge >= 0.3 is 0 Å². The summed E-state index contributed by atoms with van der Waals surface area (Å²) >= 11 is 0. The summed E-state index contributed by atoms with van der Waals surface area (Å²) in [6, 6.07) is 0.567. The van der Waals surface area contributed by atoms with Crippen molar-refractivity contribution in [3.05, 3.63) is 0 Å². The zero-order chi connectivity index (χ0) is 12.0. The lowest BCUT2D eigenvalue weighted by atomic mass is 10.4. The lowest BCUT2D eigenvalue weighted by Crippen LogP contribution is -2.36. The first kappa shape index (κ1) is 16.5. The van der Waals surface area contributed by atoms with Crippen molar-refractivity contribution in [1.82, 2.24) is 10.2 Å². The van der Waals surface area contributed by atoms with Crippen molar-refractivity contribution >= 4 is 35.8 Å². The molecule has 0 aromatic carbocycles. The van der Waals surface area contributed by atoms with Crippen LogP contribution < -0.4 is 11.1 Å². The molecular weight excluding hydrogens is 331 g/mol. The van der Waals surface area contributed by atoms with Gasteiger partial charge in [0.2, 0.25) is 5.91 Å². The number of carbonyl (C=O) groups excluding carboxylic acids is 1. The van der Waals surface area contributed by atoms with Crippen molar-refractivity contribution in [2.45, 2.75) is 38.6 Å². The van der Waals surface area contributed by atoms with E-state index in [1.165, 1.54) is 12.8 Å².